The first-order valence-corrected chi connectivity index (χ1v) is 8.43. The number of hydrogen-bond acceptors (Lipinski definition) is 3. The van der Waals surface area contributed by atoms with Crippen molar-refractivity contribution in [3.63, 3.8) is 0 Å². The predicted octanol–water partition coefficient (Wildman–Crippen LogP) is 3.53. The van der Waals surface area contributed by atoms with E-state index >= 15 is 0 Å². The van der Waals surface area contributed by atoms with Gasteiger partial charge in [-0.05, 0) is 37.1 Å². The van der Waals surface area contributed by atoms with Crippen LogP contribution in [0.3, 0.4) is 0 Å². The normalized spacial score (nSPS) is 20.3. The molecule has 2 atom stereocenters. The van der Waals surface area contributed by atoms with Crippen LogP contribution >= 0.6 is 11.6 Å². The lowest BCUT2D eigenvalue weighted by atomic mass is 9.96. The summed E-state index contributed by atoms with van der Waals surface area (Å²) in [6, 6.07) is 5.12. The van der Waals surface area contributed by atoms with E-state index in [0.29, 0.717) is 17.2 Å². The molecule has 1 saturated heterocycles. The van der Waals surface area contributed by atoms with Crippen LogP contribution in [-0.2, 0) is 9.59 Å². The molecule has 0 bridgehead atoms. The number of ether oxygens (including phenoxy) is 1. The Labute approximate surface area is 153 Å². The number of carbonyl (C=O) groups excluding carboxylic acids is 1. The third-order valence-electron chi connectivity index (χ3n) is 4.34. The van der Waals surface area contributed by atoms with Crippen LogP contribution in [0.15, 0.2) is 18.2 Å². The van der Waals surface area contributed by atoms with Gasteiger partial charge in [0.05, 0.1) is 18.4 Å². The second-order valence-electron chi connectivity index (χ2n) is 6.25. The van der Waals surface area contributed by atoms with Crippen LogP contribution in [0.1, 0.15) is 18.4 Å². The van der Waals surface area contributed by atoms with Gasteiger partial charge in [0, 0.05) is 24.5 Å². The summed E-state index contributed by atoms with van der Waals surface area (Å²) in [5, 5.41) is 9.57. The van der Waals surface area contributed by atoms with Crippen LogP contribution in [0.2, 0.25) is 5.02 Å². The number of rotatable bonds is 6. The lowest BCUT2D eigenvalue weighted by Gasteiger charge is -2.18. The number of halogens is 4. The van der Waals surface area contributed by atoms with Crippen molar-refractivity contribution in [1.82, 2.24) is 4.90 Å². The predicted molar refractivity (Wildman–Crippen MR) is 88.2 cm³/mol. The van der Waals surface area contributed by atoms with E-state index in [1.165, 1.54) is 0 Å². The van der Waals surface area contributed by atoms with Crippen LogP contribution in [0.4, 0.5) is 13.2 Å². The smallest absolute Gasteiger partial charge is 0.394 e. The molecule has 144 valence electrons. The SMILES string of the molecule is Cc1cc(OCCCC(=O)N2C[C@@H](C(F)(F)F)[C@H](C(=O)O)C2)ccc1Cl. The fourth-order valence-electron chi connectivity index (χ4n) is 2.87. The van der Waals surface area contributed by atoms with E-state index in [1.54, 1.807) is 18.2 Å². The maximum absolute atomic E-state index is 12.9. The molecule has 0 saturated carbocycles. The molecular weight excluding hydrogens is 375 g/mol. The summed E-state index contributed by atoms with van der Waals surface area (Å²) in [5.74, 6) is -5.10. The van der Waals surface area contributed by atoms with Gasteiger partial charge in [-0.15, -0.1) is 0 Å². The number of aliphatic carboxylic acids is 1. The monoisotopic (exact) mass is 393 g/mol. The minimum Gasteiger partial charge on any atom is -0.494 e. The largest absolute Gasteiger partial charge is 0.494 e. The maximum atomic E-state index is 12.9. The Morgan fingerprint density at radius 3 is 2.58 bits per heavy atom. The van der Waals surface area contributed by atoms with Crippen LogP contribution < -0.4 is 4.74 Å². The van der Waals surface area contributed by atoms with Crippen molar-refractivity contribution in [2.45, 2.75) is 25.9 Å². The van der Waals surface area contributed by atoms with Crippen molar-refractivity contribution in [3.05, 3.63) is 28.8 Å². The highest BCUT2D eigenvalue weighted by Crippen LogP contribution is 2.38. The molecule has 0 unspecified atom stereocenters. The summed E-state index contributed by atoms with van der Waals surface area (Å²) in [4.78, 5) is 24.1. The van der Waals surface area contributed by atoms with E-state index in [2.05, 4.69) is 0 Å². The number of amides is 1. The number of alkyl halides is 3. The lowest BCUT2D eigenvalue weighted by Crippen LogP contribution is -2.34. The first kappa shape index (κ1) is 20.4. The molecule has 1 fully saturated rings. The number of carboxylic acids is 1. The summed E-state index contributed by atoms with van der Waals surface area (Å²) in [6.07, 6.45) is -4.34. The van der Waals surface area contributed by atoms with Gasteiger partial charge < -0.3 is 14.7 Å². The molecule has 1 N–H and O–H groups in total. The van der Waals surface area contributed by atoms with Crippen LogP contribution in [0, 0.1) is 18.8 Å². The molecule has 26 heavy (non-hydrogen) atoms. The number of benzene rings is 1. The van der Waals surface area contributed by atoms with Gasteiger partial charge in [0.25, 0.3) is 0 Å². The van der Waals surface area contributed by atoms with Gasteiger partial charge in [0.2, 0.25) is 5.91 Å². The van der Waals surface area contributed by atoms with E-state index in [1.807, 2.05) is 6.92 Å². The van der Waals surface area contributed by atoms with E-state index in [0.717, 1.165) is 10.5 Å². The van der Waals surface area contributed by atoms with Crippen LogP contribution in [0.25, 0.3) is 0 Å². The van der Waals surface area contributed by atoms with Crippen LogP contribution in [0.5, 0.6) is 5.75 Å². The molecular formula is C17H19ClF3NO4. The highest BCUT2D eigenvalue weighted by atomic mass is 35.5. The highest BCUT2D eigenvalue weighted by molar-refractivity contribution is 6.31. The zero-order chi connectivity index (χ0) is 19.5. The van der Waals surface area contributed by atoms with E-state index in [-0.39, 0.29) is 13.0 Å². The van der Waals surface area contributed by atoms with Crippen molar-refractivity contribution < 1.29 is 32.6 Å². The summed E-state index contributed by atoms with van der Waals surface area (Å²) in [6.45, 7) is 1.000. The van der Waals surface area contributed by atoms with Gasteiger partial charge in [0.1, 0.15) is 5.75 Å². The third kappa shape index (κ3) is 5.03. The summed E-state index contributed by atoms with van der Waals surface area (Å²) in [7, 11) is 0. The van der Waals surface area contributed by atoms with Crippen molar-refractivity contribution in [2.75, 3.05) is 19.7 Å². The van der Waals surface area contributed by atoms with Gasteiger partial charge in [-0.1, -0.05) is 11.6 Å². The first-order valence-electron chi connectivity index (χ1n) is 8.06. The maximum Gasteiger partial charge on any atom is 0.394 e. The Morgan fingerprint density at radius 2 is 2.04 bits per heavy atom. The van der Waals surface area contributed by atoms with Crippen molar-refractivity contribution in [3.8, 4) is 5.75 Å². The molecule has 1 aliphatic rings. The van der Waals surface area contributed by atoms with E-state index in [4.69, 9.17) is 21.4 Å². The minimum atomic E-state index is -4.65. The minimum absolute atomic E-state index is 0.0104. The zero-order valence-electron chi connectivity index (χ0n) is 14.1. The first-order chi connectivity index (χ1) is 12.1. The Morgan fingerprint density at radius 1 is 1.35 bits per heavy atom. The number of carboxylic acid groups (broad SMARTS) is 1. The van der Waals surface area contributed by atoms with Gasteiger partial charge >= 0.3 is 12.1 Å². The number of aryl methyl sites for hydroxylation is 1. The quantitative estimate of drug-likeness (QED) is 0.751. The Bertz CT molecular complexity index is 680. The topological polar surface area (TPSA) is 66.8 Å². The van der Waals surface area contributed by atoms with Gasteiger partial charge in [-0.2, -0.15) is 13.2 Å². The average Bonchev–Trinajstić information content (AvgIpc) is 3.00. The average molecular weight is 394 g/mol. The molecule has 9 heteroatoms. The Balaban J connectivity index is 1.82. The molecule has 0 radical (unpaired) electrons. The molecule has 0 aromatic heterocycles. The molecule has 5 nitrogen and oxygen atoms in total. The van der Waals surface area contributed by atoms with Crippen molar-refractivity contribution in [1.29, 1.82) is 0 Å². The van der Waals surface area contributed by atoms with Crippen LogP contribution in [-0.4, -0.2) is 47.8 Å². The summed E-state index contributed by atoms with van der Waals surface area (Å²) >= 11 is 5.91. The molecule has 0 aliphatic carbocycles. The fraction of sp³-hybridized carbons (Fsp3) is 0.529. The van der Waals surface area contributed by atoms with E-state index < -0.39 is 43.0 Å². The fourth-order valence-corrected chi connectivity index (χ4v) is 2.99. The Kier molecular flexibility index (Phi) is 6.39. The molecule has 1 aromatic carbocycles. The summed E-state index contributed by atoms with van der Waals surface area (Å²) < 4.78 is 44.3. The highest BCUT2D eigenvalue weighted by Gasteiger charge is 2.53. The second kappa shape index (κ2) is 8.16. The summed E-state index contributed by atoms with van der Waals surface area (Å²) in [5.41, 5.74) is 0.843. The second-order valence-corrected chi connectivity index (χ2v) is 6.66. The third-order valence-corrected chi connectivity index (χ3v) is 4.77. The molecule has 1 amide bonds. The van der Waals surface area contributed by atoms with Gasteiger partial charge in [0.15, 0.2) is 0 Å². The molecule has 0 spiro atoms. The van der Waals surface area contributed by atoms with Crippen molar-refractivity contribution >= 4 is 23.5 Å². The van der Waals surface area contributed by atoms with Crippen molar-refractivity contribution in [2.24, 2.45) is 11.8 Å². The zero-order valence-corrected chi connectivity index (χ0v) is 14.8. The van der Waals surface area contributed by atoms with Gasteiger partial charge in [-0.3, -0.25) is 9.59 Å². The Hall–Kier alpha value is -1.96. The molecule has 2 rings (SSSR count). The number of carbonyl (C=O) groups is 2. The van der Waals surface area contributed by atoms with E-state index in [9.17, 15) is 22.8 Å². The molecule has 1 aliphatic heterocycles. The van der Waals surface area contributed by atoms with Gasteiger partial charge in [-0.25, -0.2) is 0 Å². The number of hydrogen-bond donors (Lipinski definition) is 1. The molecule has 1 aromatic rings. The number of nitrogens with zero attached hydrogens (tertiary/aromatic N) is 1. The number of likely N-dealkylation sites (tertiary alicyclic amines) is 1. The lowest BCUT2D eigenvalue weighted by molar-refractivity contribution is -0.188. The molecule has 1 heterocycles. The standard InChI is InChI=1S/C17H19ClF3NO4/c1-10-7-11(4-5-14(10)18)26-6-2-3-15(23)22-8-12(16(24)25)13(9-22)17(19,20)21/h4-5,7,12-13H,2-3,6,8-9H2,1H3,(H,24,25)/t12-,13-/m1/s1.